The number of hydrogen-bond donors (Lipinski definition) is 1. The molecule has 1 aromatic heterocycles. The van der Waals surface area contributed by atoms with E-state index in [9.17, 15) is 18.0 Å². The topological polar surface area (TPSA) is 99.9 Å². The molecule has 1 fully saturated rings. The van der Waals surface area contributed by atoms with Crippen LogP contribution in [0.1, 0.15) is 42.8 Å². The number of carbonyl (C=O) groups excluding carboxylic acids is 2. The molecule has 2 heterocycles. The van der Waals surface area contributed by atoms with Gasteiger partial charge in [0.25, 0.3) is 5.91 Å². The number of nitrogens with zero attached hydrogens (tertiary/aromatic N) is 2. The van der Waals surface area contributed by atoms with E-state index < -0.39 is 10.0 Å². The van der Waals surface area contributed by atoms with E-state index in [0.717, 1.165) is 0 Å². The summed E-state index contributed by atoms with van der Waals surface area (Å²) in [6.07, 6.45) is 2.47. The van der Waals surface area contributed by atoms with Crippen molar-refractivity contribution in [2.75, 3.05) is 26.2 Å². The van der Waals surface area contributed by atoms with Crippen LogP contribution < -0.4 is 5.32 Å². The summed E-state index contributed by atoms with van der Waals surface area (Å²) in [7, 11) is -3.67. The van der Waals surface area contributed by atoms with Crippen LogP contribution in [0.2, 0.25) is 0 Å². The van der Waals surface area contributed by atoms with Crippen molar-refractivity contribution < 1.29 is 22.4 Å². The molecule has 2 amide bonds. The summed E-state index contributed by atoms with van der Waals surface area (Å²) in [6.45, 7) is 5.88. The van der Waals surface area contributed by atoms with E-state index in [4.69, 9.17) is 4.42 Å². The molecule has 1 aromatic carbocycles. The van der Waals surface area contributed by atoms with Crippen molar-refractivity contribution in [1.82, 2.24) is 14.5 Å². The number of benzene rings is 1. The van der Waals surface area contributed by atoms with E-state index >= 15 is 0 Å². The van der Waals surface area contributed by atoms with Gasteiger partial charge in [-0.25, -0.2) is 8.42 Å². The standard InChI is InChI=1S/C22H29N3O5S/c1-3-24(4-2)22(27)18-7-9-20(10-8-18)31(28,29)25-13-11-17(12-14-25)21(26)23-16-19-6-5-15-30-19/h5-10,15,17H,3-4,11-14,16H2,1-2H3,(H,23,26). The molecular formula is C22H29N3O5S. The largest absolute Gasteiger partial charge is 0.467 e. The highest BCUT2D eigenvalue weighted by Gasteiger charge is 2.32. The zero-order chi connectivity index (χ0) is 22.4. The first kappa shape index (κ1) is 23.0. The Kier molecular flexibility index (Phi) is 7.50. The maximum atomic E-state index is 13.0. The minimum absolute atomic E-state index is 0.0901. The summed E-state index contributed by atoms with van der Waals surface area (Å²) in [5.74, 6) is 0.245. The SMILES string of the molecule is CCN(CC)C(=O)c1ccc(S(=O)(=O)N2CCC(C(=O)NCc3ccco3)CC2)cc1. The molecule has 3 rings (SSSR count). The molecule has 31 heavy (non-hydrogen) atoms. The number of rotatable bonds is 8. The zero-order valence-corrected chi connectivity index (χ0v) is 18.7. The Morgan fingerprint density at radius 2 is 1.74 bits per heavy atom. The highest BCUT2D eigenvalue weighted by molar-refractivity contribution is 7.89. The molecule has 1 N–H and O–H groups in total. The zero-order valence-electron chi connectivity index (χ0n) is 17.9. The lowest BCUT2D eigenvalue weighted by Crippen LogP contribution is -2.42. The third-order valence-corrected chi connectivity index (χ3v) is 7.54. The molecule has 168 valence electrons. The lowest BCUT2D eigenvalue weighted by atomic mass is 9.97. The first-order valence-corrected chi connectivity index (χ1v) is 12.0. The Hall–Kier alpha value is -2.65. The fourth-order valence-electron chi connectivity index (χ4n) is 3.70. The molecule has 0 unspecified atom stereocenters. The van der Waals surface area contributed by atoms with E-state index in [1.807, 2.05) is 13.8 Å². The molecule has 0 atom stereocenters. The van der Waals surface area contributed by atoms with Crippen molar-refractivity contribution in [2.45, 2.75) is 38.1 Å². The first-order valence-electron chi connectivity index (χ1n) is 10.6. The van der Waals surface area contributed by atoms with Crippen LogP contribution in [0.5, 0.6) is 0 Å². The predicted molar refractivity (Wildman–Crippen MR) is 116 cm³/mol. The second-order valence-corrected chi connectivity index (χ2v) is 9.42. The molecule has 0 saturated carbocycles. The molecule has 0 spiro atoms. The second kappa shape index (κ2) is 10.1. The number of piperidine rings is 1. The Balaban J connectivity index is 1.58. The van der Waals surface area contributed by atoms with Gasteiger partial charge < -0.3 is 14.6 Å². The normalized spacial score (nSPS) is 15.5. The van der Waals surface area contributed by atoms with Crippen LogP contribution in [0.4, 0.5) is 0 Å². The van der Waals surface area contributed by atoms with Gasteiger partial charge in [-0.1, -0.05) is 0 Å². The quantitative estimate of drug-likeness (QED) is 0.670. The van der Waals surface area contributed by atoms with Gasteiger partial charge >= 0.3 is 0 Å². The summed E-state index contributed by atoms with van der Waals surface area (Å²) < 4.78 is 32.6. The minimum Gasteiger partial charge on any atom is -0.467 e. The van der Waals surface area contributed by atoms with E-state index in [2.05, 4.69) is 5.32 Å². The van der Waals surface area contributed by atoms with Crippen LogP contribution in [0, 0.1) is 5.92 Å². The monoisotopic (exact) mass is 447 g/mol. The van der Waals surface area contributed by atoms with E-state index in [1.165, 1.54) is 16.4 Å². The van der Waals surface area contributed by atoms with Gasteiger partial charge in [0, 0.05) is 37.7 Å². The Morgan fingerprint density at radius 3 is 2.29 bits per heavy atom. The molecule has 1 aliphatic heterocycles. The fourth-order valence-corrected chi connectivity index (χ4v) is 5.17. The number of furan rings is 1. The maximum absolute atomic E-state index is 13.0. The minimum atomic E-state index is -3.67. The van der Waals surface area contributed by atoms with E-state index in [0.29, 0.717) is 43.8 Å². The maximum Gasteiger partial charge on any atom is 0.253 e. The molecule has 1 saturated heterocycles. The third-order valence-electron chi connectivity index (χ3n) is 5.63. The van der Waals surface area contributed by atoms with E-state index in [-0.39, 0.29) is 35.7 Å². The van der Waals surface area contributed by atoms with Gasteiger partial charge in [0.1, 0.15) is 5.76 Å². The summed E-state index contributed by atoms with van der Waals surface area (Å²) >= 11 is 0. The van der Waals surface area contributed by atoms with Gasteiger partial charge in [-0.15, -0.1) is 0 Å². The molecule has 0 bridgehead atoms. The van der Waals surface area contributed by atoms with Gasteiger partial charge in [-0.2, -0.15) is 4.31 Å². The molecule has 2 aromatic rings. The number of sulfonamides is 1. The number of amides is 2. The van der Waals surface area contributed by atoms with Crippen molar-refractivity contribution in [3.05, 3.63) is 54.0 Å². The number of carbonyl (C=O) groups is 2. The highest BCUT2D eigenvalue weighted by atomic mass is 32.2. The van der Waals surface area contributed by atoms with Crippen LogP contribution in [0.3, 0.4) is 0 Å². The fraction of sp³-hybridized carbons (Fsp3) is 0.455. The van der Waals surface area contributed by atoms with Crippen LogP contribution in [0.15, 0.2) is 52.0 Å². The van der Waals surface area contributed by atoms with Crippen LogP contribution in [-0.2, 0) is 21.4 Å². The average Bonchev–Trinajstić information content (AvgIpc) is 3.32. The summed E-state index contributed by atoms with van der Waals surface area (Å²) in [4.78, 5) is 26.6. The molecular weight excluding hydrogens is 418 g/mol. The van der Waals surface area contributed by atoms with Crippen molar-refractivity contribution in [3.63, 3.8) is 0 Å². The molecule has 0 aliphatic carbocycles. The predicted octanol–water partition coefficient (Wildman–Crippen LogP) is 2.48. The van der Waals surface area contributed by atoms with Crippen molar-refractivity contribution in [2.24, 2.45) is 5.92 Å². The van der Waals surface area contributed by atoms with E-state index in [1.54, 1.807) is 35.4 Å². The molecule has 8 nitrogen and oxygen atoms in total. The Morgan fingerprint density at radius 1 is 1.10 bits per heavy atom. The van der Waals surface area contributed by atoms with Crippen molar-refractivity contribution >= 4 is 21.8 Å². The van der Waals surface area contributed by atoms with Crippen molar-refractivity contribution in [3.8, 4) is 0 Å². The van der Waals surface area contributed by atoms with Gasteiger partial charge in [-0.3, -0.25) is 9.59 Å². The number of nitrogens with one attached hydrogen (secondary N) is 1. The lowest BCUT2D eigenvalue weighted by Gasteiger charge is -2.30. The lowest BCUT2D eigenvalue weighted by molar-refractivity contribution is -0.126. The molecule has 9 heteroatoms. The third kappa shape index (κ3) is 5.34. The van der Waals surface area contributed by atoms with Crippen LogP contribution in [0.25, 0.3) is 0 Å². The number of hydrogen-bond acceptors (Lipinski definition) is 5. The van der Waals surface area contributed by atoms with Gasteiger partial charge in [0.2, 0.25) is 15.9 Å². The second-order valence-electron chi connectivity index (χ2n) is 7.48. The Bertz CT molecular complexity index is 975. The molecule has 0 radical (unpaired) electrons. The van der Waals surface area contributed by atoms with Gasteiger partial charge in [0.05, 0.1) is 17.7 Å². The Labute approximate surface area is 183 Å². The van der Waals surface area contributed by atoms with Crippen LogP contribution in [-0.4, -0.2) is 55.6 Å². The molecule has 1 aliphatic rings. The summed E-state index contributed by atoms with van der Waals surface area (Å²) in [6, 6.07) is 9.63. The van der Waals surface area contributed by atoms with Gasteiger partial charge in [-0.05, 0) is 63.1 Å². The summed E-state index contributed by atoms with van der Waals surface area (Å²) in [5, 5.41) is 2.84. The average molecular weight is 448 g/mol. The summed E-state index contributed by atoms with van der Waals surface area (Å²) in [5.41, 5.74) is 0.467. The van der Waals surface area contributed by atoms with Gasteiger partial charge in [0.15, 0.2) is 0 Å². The first-order chi connectivity index (χ1) is 14.9. The van der Waals surface area contributed by atoms with Crippen molar-refractivity contribution in [1.29, 1.82) is 0 Å². The van der Waals surface area contributed by atoms with Crippen LogP contribution >= 0.6 is 0 Å². The smallest absolute Gasteiger partial charge is 0.253 e. The highest BCUT2D eigenvalue weighted by Crippen LogP contribution is 2.24.